The fourth-order valence-corrected chi connectivity index (χ4v) is 1.47. The Morgan fingerprint density at radius 3 is 2.81 bits per heavy atom. The van der Waals surface area contributed by atoms with Crippen LogP contribution in [0.25, 0.3) is 11.4 Å². The van der Waals surface area contributed by atoms with Crippen LogP contribution >= 0.6 is 11.6 Å². The number of hydrogen-bond donors (Lipinski definition) is 0. The summed E-state index contributed by atoms with van der Waals surface area (Å²) in [5.41, 5.74) is 0.215. The van der Waals surface area contributed by atoms with E-state index in [0.29, 0.717) is 16.4 Å². The van der Waals surface area contributed by atoms with E-state index in [4.69, 9.17) is 11.6 Å². The molecule has 0 N–H and O–H groups in total. The highest BCUT2D eigenvalue weighted by atomic mass is 35.5. The molecule has 0 atom stereocenters. The number of benzene rings is 1. The SMILES string of the molecule is Cn1nnnc1-c1ccc(Cl)cc1[N+](=O)[O-]. The van der Waals surface area contributed by atoms with E-state index in [-0.39, 0.29) is 5.69 Å². The summed E-state index contributed by atoms with van der Waals surface area (Å²) in [6, 6.07) is 4.34. The molecule has 8 heteroatoms. The van der Waals surface area contributed by atoms with Crippen molar-refractivity contribution >= 4 is 17.3 Å². The van der Waals surface area contributed by atoms with Crippen LogP contribution in [0.15, 0.2) is 18.2 Å². The summed E-state index contributed by atoms with van der Waals surface area (Å²) in [5.74, 6) is 0.323. The third-order valence-corrected chi connectivity index (χ3v) is 2.25. The smallest absolute Gasteiger partial charge is 0.258 e. The first-order chi connectivity index (χ1) is 7.59. The molecule has 1 aromatic carbocycles. The molecule has 0 radical (unpaired) electrons. The molecule has 1 heterocycles. The summed E-state index contributed by atoms with van der Waals surface area (Å²) in [5, 5.41) is 21.9. The van der Waals surface area contributed by atoms with Gasteiger partial charge in [0.25, 0.3) is 5.69 Å². The van der Waals surface area contributed by atoms with Gasteiger partial charge in [-0.2, -0.15) is 0 Å². The van der Waals surface area contributed by atoms with Crippen LogP contribution in [0, 0.1) is 10.1 Å². The fraction of sp³-hybridized carbons (Fsp3) is 0.125. The summed E-state index contributed by atoms with van der Waals surface area (Å²) >= 11 is 5.70. The third-order valence-electron chi connectivity index (χ3n) is 2.02. The molecule has 16 heavy (non-hydrogen) atoms. The fourth-order valence-electron chi connectivity index (χ4n) is 1.30. The van der Waals surface area contributed by atoms with Gasteiger partial charge in [-0.05, 0) is 22.6 Å². The number of hydrogen-bond acceptors (Lipinski definition) is 5. The highest BCUT2D eigenvalue weighted by Gasteiger charge is 2.19. The average Bonchev–Trinajstić information content (AvgIpc) is 2.64. The predicted octanol–water partition coefficient (Wildman–Crippen LogP) is 1.44. The molecule has 0 fully saturated rings. The summed E-state index contributed by atoms with van der Waals surface area (Å²) in [4.78, 5) is 10.3. The Balaban J connectivity index is 2.65. The number of nitro benzene ring substituents is 1. The number of tetrazole rings is 1. The third kappa shape index (κ3) is 1.72. The number of halogens is 1. The van der Waals surface area contributed by atoms with Gasteiger partial charge in [-0.25, -0.2) is 4.68 Å². The summed E-state index contributed by atoms with van der Waals surface area (Å²) in [6.45, 7) is 0. The van der Waals surface area contributed by atoms with Gasteiger partial charge >= 0.3 is 0 Å². The van der Waals surface area contributed by atoms with E-state index in [1.165, 1.54) is 16.8 Å². The van der Waals surface area contributed by atoms with Crippen LogP contribution in [-0.2, 0) is 7.05 Å². The van der Waals surface area contributed by atoms with Gasteiger partial charge in [0.15, 0.2) is 5.82 Å². The highest BCUT2D eigenvalue weighted by molar-refractivity contribution is 6.30. The molecule has 0 saturated carbocycles. The van der Waals surface area contributed by atoms with Gasteiger partial charge < -0.3 is 0 Å². The molecule has 82 valence electrons. The van der Waals surface area contributed by atoms with Crippen molar-refractivity contribution in [2.75, 3.05) is 0 Å². The first kappa shape index (κ1) is 10.5. The molecular formula is C8H6ClN5O2. The van der Waals surface area contributed by atoms with Gasteiger partial charge in [-0.15, -0.1) is 5.10 Å². The van der Waals surface area contributed by atoms with Gasteiger partial charge in [0, 0.05) is 18.1 Å². The number of aryl methyl sites for hydroxylation is 1. The van der Waals surface area contributed by atoms with E-state index in [0.717, 1.165) is 0 Å². The van der Waals surface area contributed by atoms with Crippen molar-refractivity contribution in [3.63, 3.8) is 0 Å². The molecule has 0 saturated heterocycles. The topological polar surface area (TPSA) is 86.7 Å². The van der Waals surface area contributed by atoms with Crippen molar-refractivity contribution in [3.05, 3.63) is 33.3 Å². The van der Waals surface area contributed by atoms with Crippen LogP contribution in [0.2, 0.25) is 5.02 Å². The molecule has 2 rings (SSSR count). The second kappa shape index (κ2) is 3.86. The van der Waals surface area contributed by atoms with Crippen molar-refractivity contribution in [2.24, 2.45) is 7.05 Å². The zero-order chi connectivity index (χ0) is 11.7. The zero-order valence-electron chi connectivity index (χ0n) is 8.16. The first-order valence-electron chi connectivity index (χ1n) is 4.26. The maximum absolute atomic E-state index is 10.8. The Kier molecular flexibility index (Phi) is 2.53. The highest BCUT2D eigenvalue weighted by Crippen LogP contribution is 2.30. The zero-order valence-corrected chi connectivity index (χ0v) is 8.92. The first-order valence-corrected chi connectivity index (χ1v) is 4.64. The van der Waals surface area contributed by atoms with E-state index < -0.39 is 4.92 Å². The number of nitro groups is 1. The lowest BCUT2D eigenvalue weighted by molar-refractivity contribution is -0.384. The number of rotatable bonds is 2. The van der Waals surface area contributed by atoms with Gasteiger partial charge in [0.1, 0.15) is 0 Å². The molecule has 7 nitrogen and oxygen atoms in total. The Labute approximate surface area is 94.8 Å². The molecule has 0 amide bonds. The minimum absolute atomic E-state index is 0.120. The van der Waals surface area contributed by atoms with E-state index in [9.17, 15) is 10.1 Å². The number of nitrogens with zero attached hydrogens (tertiary/aromatic N) is 5. The van der Waals surface area contributed by atoms with Gasteiger partial charge in [0.05, 0.1) is 10.5 Å². The van der Waals surface area contributed by atoms with Gasteiger partial charge in [-0.1, -0.05) is 11.6 Å². The molecule has 0 aliphatic rings. The van der Waals surface area contributed by atoms with E-state index in [2.05, 4.69) is 15.5 Å². The summed E-state index contributed by atoms with van der Waals surface area (Å²) in [6.07, 6.45) is 0. The number of aromatic nitrogens is 4. The van der Waals surface area contributed by atoms with Crippen LogP contribution in [0.4, 0.5) is 5.69 Å². The van der Waals surface area contributed by atoms with E-state index in [1.54, 1.807) is 13.1 Å². The lowest BCUT2D eigenvalue weighted by Crippen LogP contribution is -1.98. The van der Waals surface area contributed by atoms with Crippen LogP contribution in [0.3, 0.4) is 0 Å². The maximum atomic E-state index is 10.8. The van der Waals surface area contributed by atoms with Crippen LogP contribution < -0.4 is 0 Å². The predicted molar refractivity (Wildman–Crippen MR) is 55.9 cm³/mol. The largest absolute Gasteiger partial charge is 0.281 e. The Hall–Kier alpha value is -2.02. The molecule has 0 bridgehead atoms. The average molecular weight is 240 g/mol. The van der Waals surface area contributed by atoms with Crippen LogP contribution in [0.5, 0.6) is 0 Å². The summed E-state index contributed by atoms with van der Waals surface area (Å²) < 4.78 is 1.36. The van der Waals surface area contributed by atoms with Crippen molar-refractivity contribution < 1.29 is 4.92 Å². The standard InChI is InChI=1S/C8H6ClN5O2/c1-13-8(10-11-12-13)6-3-2-5(9)4-7(6)14(15)16/h2-4H,1H3. The van der Waals surface area contributed by atoms with Gasteiger partial charge in [-0.3, -0.25) is 10.1 Å². The quantitative estimate of drug-likeness (QED) is 0.585. The monoisotopic (exact) mass is 239 g/mol. The Morgan fingerprint density at radius 2 is 2.25 bits per heavy atom. The van der Waals surface area contributed by atoms with Crippen LogP contribution in [0.1, 0.15) is 0 Å². The maximum Gasteiger partial charge on any atom is 0.281 e. The second-order valence-electron chi connectivity index (χ2n) is 3.04. The van der Waals surface area contributed by atoms with Crippen molar-refractivity contribution in [2.45, 2.75) is 0 Å². The van der Waals surface area contributed by atoms with Crippen molar-refractivity contribution in [1.82, 2.24) is 20.2 Å². The lowest BCUT2D eigenvalue weighted by Gasteiger charge is -2.01. The molecular weight excluding hydrogens is 234 g/mol. The molecule has 1 aromatic heterocycles. The minimum atomic E-state index is -0.518. The Morgan fingerprint density at radius 1 is 1.50 bits per heavy atom. The minimum Gasteiger partial charge on any atom is -0.258 e. The van der Waals surface area contributed by atoms with Gasteiger partial charge in [0.2, 0.25) is 0 Å². The van der Waals surface area contributed by atoms with Crippen LogP contribution in [-0.4, -0.2) is 25.1 Å². The molecule has 0 aliphatic heterocycles. The Bertz CT molecular complexity index is 553. The second-order valence-corrected chi connectivity index (χ2v) is 3.48. The van der Waals surface area contributed by atoms with Crippen molar-refractivity contribution in [1.29, 1.82) is 0 Å². The normalized spacial score (nSPS) is 10.4. The molecule has 0 spiro atoms. The van der Waals surface area contributed by atoms with Crippen molar-refractivity contribution in [3.8, 4) is 11.4 Å². The lowest BCUT2D eigenvalue weighted by atomic mass is 10.1. The molecule has 0 unspecified atom stereocenters. The molecule has 0 aliphatic carbocycles. The van der Waals surface area contributed by atoms with E-state index in [1.807, 2.05) is 0 Å². The molecule has 2 aromatic rings. The summed E-state index contributed by atoms with van der Waals surface area (Å²) in [7, 11) is 1.60. The van der Waals surface area contributed by atoms with E-state index >= 15 is 0 Å².